The van der Waals surface area contributed by atoms with Gasteiger partial charge in [0.25, 0.3) is 0 Å². The average Bonchev–Trinajstić information content (AvgIpc) is 2.76. The van der Waals surface area contributed by atoms with Crippen molar-refractivity contribution in [3.8, 4) is 5.75 Å². The lowest BCUT2D eigenvalue weighted by Crippen LogP contribution is -2.71. The number of methoxy groups -OCH3 is 1. The molecule has 178 valence electrons. The molecule has 7 heteroatoms. The van der Waals surface area contributed by atoms with E-state index in [2.05, 4.69) is 19.2 Å². The molecular weight excluding hydrogens is 406 g/mol. The number of primary amides is 1. The quantitative estimate of drug-likeness (QED) is 0.623. The fourth-order valence-corrected chi connectivity index (χ4v) is 6.47. The Morgan fingerprint density at radius 1 is 1.28 bits per heavy atom. The van der Waals surface area contributed by atoms with Crippen molar-refractivity contribution in [3.05, 3.63) is 29.3 Å². The molecule has 1 heterocycles. The van der Waals surface area contributed by atoms with Crippen molar-refractivity contribution in [2.24, 2.45) is 11.1 Å². The standard InChI is InChI=1S/C25H39N3O4/c1-6-10-23(21(29)28(7-2)22(26)30)11-12-25(31)18(4)27-14-13-24(25,16-23)20-15-19(32-5)9-8-17(20)3/h8-9,15,18,27,31H,6-7,10-14,16H2,1-5H3,(H2,26,30)/t18?,23-,24-,25?/m1/s1. The third kappa shape index (κ3) is 3.69. The predicted molar refractivity (Wildman–Crippen MR) is 125 cm³/mol. The molecule has 1 aromatic carbocycles. The second-order valence-corrected chi connectivity index (χ2v) is 9.71. The Balaban J connectivity index is 2.22. The summed E-state index contributed by atoms with van der Waals surface area (Å²) in [6.45, 7) is 8.90. The Morgan fingerprint density at radius 3 is 2.59 bits per heavy atom. The van der Waals surface area contributed by atoms with Gasteiger partial charge in [0.05, 0.1) is 18.1 Å². The van der Waals surface area contributed by atoms with Gasteiger partial charge in [-0.3, -0.25) is 9.69 Å². The van der Waals surface area contributed by atoms with Crippen LogP contribution in [0.3, 0.4) is 0 Å². The molecule has 1 saturated carbocycles. The van der Waals surface area contributed by atoms with E-state index in [0.29, 0.717) is 32.1 Å². The van der Waals surface area contributed by atoms with Crippen LogP contribution in [0.5, 0.6) is 5.75 Å². The first-order valence-electron chi connectivity index (χ1n) is 11.8. The highest BCUT2D eigenvalue weighted by atomic mass is 16.5. The zero-order valence-corrected chi connectivity index (χ0v) is 20.2. The van der Waals surface area contributed by atoms with Crippen LogP contribution in [-0.2, 0) is 10.2 Å². The van der Waals surface area contributed by atoms with Crippen LogP contribution in [0, 0.1) is 12.3 Å². The van der Waals surface area contributed by atoms with Gasteiger partial charge in [0, 0.05) is 18.0 Å². The number of urea groups is 1. The largest absolute Gasteiger partial charge is 0.497 e. The molecule has 3 amide bonds. The van der Waals surface area contributed by atoms with Crippen molar-refractivity contribution in [2.45, 2.75) is 83.3 Å². The fraction of sp³-hybridized carbons (Fsp3) is 0.680. The Kier molecular flexibility index (Phi) is 6.91. The summed E-state index contributed by atoms with van der Waals surface area (Å²) >= 11 is 0. The summed E-state index contributed by atoms with van der Waals surface area (Å²) in [4.78, 5) is 27.1. The number of hydrogen-bond donors (Lipinski definition) is 3. The van der Waals surface area contributed by atoms with Crippen molar-refractivity contribution in [2.75, 3.05) is 20.2 Å². The summed E-state index contributed by atoms with van der Waals surface area (Å²) < 4.78 is 5.54. The van der Waals surface area contributed by atoms with Gasteiger partial charge in [-0.1, -0.05) is 19.4 Å². The number of nitrogens with one attached hydrogen (secondary N) is 1. The fourth-order valence-electron chi connectivity index (χ4n) is 6.47. The third-order valence-corrected chi connectivity index (χ3v) is 8.14. The lowest BCUT2D eigenvalue weighted by Gasteiger charge is -2.61. The number of aryl methyl sites for hydroxylation is 1. The molecule has 2 unspecified atom stereocenters. The van der Waals surface area contributed by atoms with E-state index in [0.717, 1.165) is 29.8 Å². The molecule has 0 spiro atoms. The summed E-state index contributed by atoms with van der Waals surface area (Å²) in [6.07, 6.45) is 3.63. The van der Waals surface area contributed by atoms with Crippen LogP contribution in [0.4, 0.5) is 4.79 Å². The smallest absolute Gasteiger partial charge is 0.321 e. The molecule has 7 nitrogen and oxygen atoms in total. The minimum atomic E-state index is -1.02. The molecule has 4 atom stereocenters. The number of hydrogen-bond acceptors (Lipinski definition) is 5. The number of imide groups is 1. The van der Waals surface area contributed by atoms with Crippen molar-refractivity contribution in [1.82, 2.24) is 10.2 Å². The molecule has 0 aromatic heterocycles. The van der Waals surface area contributed by atoms with Gasteiger partial charge in [-0.15, -0.1) is 0 Å². The summed E-state index contributed by atoms with van der Waals surface area (Å²) in [6, 6.07) is 5.14. The van der Waals surface area contributed by atoms with Gasteiger partial charge in [-0.25, -0.2) is 4.79 Å². The van der Waals surface area contributed by atoms with Crippen LogP contribution < -0.4 is 15.8 Å². The van der Waals surface area contributed by atoms with E-state index < -0.39 is 22.5 Å². The highest BCUT2D eigenvalue weighted by Gasteiger charge is 2.64. The zero-order valence-electron chi connectivity index (χ0n) is 20.2. The second kappa shape index (κ2) is 9.02. The first kappa shape index (κ1) is 24.5. The molecule has 1 aromatic rings. The Bertz CT molecular complexity index is 875. The number of fused-ring (bicyclic) bond motifs is 1. The summed E-state index contributed by atoms with van der Waals surface area (Å²) in [7, 11) is 1.64. The van der Waals surface area contributed by atoms with Gasteiger partial charge in [-0.2, -0.15) is 0 Å². The molecular formula is C25H39N3O4. The van der Waals surface area contributed by atoms with Gasteiger partial charge in [0.15, 0.2) is 0 Å². The number of piperidine rings is 1. The van der Waals surface area contributed by atoms with Gasteiger partial charge in [-0.05, 0) is 82.7 Å². The number of benzene rings is 1. The lowest BCUT2D eigenvalue weighted by atomic mass is 9.47. The highest BCUT2D eigenvalue weighted by Crippen LogP contribution is 2.60. The van der Waals surface area contributed by atoms with Crippen molar-refractivity contribution >= 4 is 11.9 Å². The van der Waals surface area contributed by atoms with Crippen molar-refractivity contribution in [3.63, 3.8) is 0 Å². The van der Waals surface area contributed by atoms with Crippen LogP contribution in [-0.4, -0.2) is 53.8 Å². The normalized spacial score (nSPS) is 32.1. The van der Waals surface area contributed by atoms with E-state index in [1.54, 1.807) is 14.0 Å². The molecule has 4 N–H and O–H groups in total. The maximum absolute atomic E-state index is 13.8. The molecule has 1 saturated heterocycles. The summed E-state index contributed by atoms with van der Waals surface area (Å²) in [5.41, 5.74) is 5.27. The van der Waals surface area contributed by atoms with Gasteiger partial charge < -0.3 is 20.9 Å². The lowest BCUT2D eigenvalue weighted by molar-refractivity contribution is -0.166. The van der Waals surface area contributed by atoms with E-state index in [1.165, 1.54) is 4.90 Å². The number of aliphatic hydroxyl groups is 1. The zero-order chi connectivity index (χ0) is 23.7. The van der Waals surface area contributed by atoms with Gasteiger partial charge in [0.2, 0.25) is 5.91 Å². The Morgan fingerprint density at radius 2 is 2.00 bits per heavy atom. The number of rotatable bonds is 6. The SMILES string of the molecule is CCC[C@@]1(C(=O)N(CC)C(N)=O)CCC2(O)C(C)NCC[C@]2(c2cc(OC)ccc2C)C1. The molecule has 1 aliphatic heterocycles. The monoisotopic (exact) mass is 445 g/mol. The van der Waals surface area contributed by atoms with Gasteiger partial charge >= 0.3 is 6.03 Å². The maximum Gasteiger partial charge on any atom is 0.321 e. The summed E-state index contributed by atoms with van der Waals surface area (Å²) in [5.74, 6) is 0.529. The number of ether oxygens (including phenoxy) is 1. The van der Waals surface area contributed by atoms with E-state index in [1.807, 2.05) is 25.1 Å². The Labute approximate surface area is 191 Å². The molecule has 32 heavy (non-hydrogen) atoms. The van der Waals surface area contributed by atoms with E-state index in [4.69, 9.17) is 10.5 Å². The molecule has 1 aliphatic carbocycles. The average molecular weight is 446 g/mol. The van der Waals surface area contributed by atoms with Crippen LogP contribution in [0.1, 0.15) is 70.4 Å². The first-order chi connectivity index (χ1) is 15.1. The van der Waals surface area contributed by atoms with Crippen molar-refractivity contribution in [1.29, 1.82) is 0 Å². The minimum Gasteiger partial charge on any atom is -0.497 e. The van der Waals surface area contributed by atoms with E-state index in [9.17, 15) is 14.7 Å². The summed E-state index contributed by atoms with van der Waals surface area (Å²) in [5, 5.41) is 15.7. The molecule has 0 bridgehead atoms. The number of amides is 3. The van der Waals surface area contributed by atoms with Crippen LogP contribution in [0.2, 0.25) is 0 Å². The number of carbonyl (C=O) groups excluding carboxylic acids is 2. The molecule has 3 rings (SSSR count). The predicted octanol–water partition coefficient (Wildman–Crippen LogP) is 3.25. The topological polar surface area (TPSA) is 105 Å². The van der Waals surface area contributed by atoms with Crippen LogP contribution >= 0.6 is 0 Å². The van der Waals surface area contributed by atoms with Crippen LogP contribution in [0.25, 0.3) is 0 Å². The molecule has 2 aliphatic rings. The molecule has 2 fully saturated rings. The number of carbonyl (C=O) groups is 2. The third-order valence-electron chi connectivity index (χ3n) is 8.14. The Hall–Kier alpha value is -2.12. The number of nitrogens with zero attached hydrogens (tertiary/aromatic N) is 1. The maximum atomic E-state index is 13.8. The van der Waals surface area contributed by atoms with E-state index >= 15 is 0 Å². The molecule has 0 radical (unpaired) electrons. The van der Waals surface area contributed by atoms with E-state index in [-0.39, 0.29) is 18.5 Å². The van der Waals surface area contributed by atoms with Crippen LogP contribution in [0.15, 0.2) is 18.2 Å². The van der Waals surface area contributed by atoms with Crippen molar-refractivity contribution < 1.29 is 19.4 Å². The first-order valence-corrected chi connectivity index (χ1v) is 11.8. The number of nitrogens with two attached hydrogens (primary N) is 1. The highest BCUT2D eigenvalue weighted by molar-refractivity contribution is 5.97. The second-order valence-electron chi connectivity index (χ2n) is 9.71. The van der Waals surface area contributed by atoms with Gasteiger partial charge in [0.1, 0.15) is 5.75 Å². The minimum absolute atomic E-state index is 0.130.